The Labute approximate surface area is 145 Å². The van der Waals surface area contributed by atoms with Gasteiger partial charge in [0, 0.05) is 45.0 Å². The Bertz CT molecular complexity index is 663. The zero-order valence-corrected chi connectivity index (χ0v) is 14.1. The molecule has 3 rings (SSSR count). The zero-order valence-electron chi connectivity index (χ0n) is 14.1. The molecular formula is C16H21N5O4. The molecule has 1 aromatic rings. The third kappa shape index (κ3) is 4.43. The average molecular weight is 347 g/mol. The molecule has 134 valence electrons. The van der Waals surface area contributed by atoms with Crippen LogP contribution in [0.25, 0.3) is 0 Å². The molecule has 2 aliphatic rings. The van der Waals surface area contributed by atoms with Crippen LogP contribution in [0.15, 0.2) is 12.1 Å². The Kier molecular flexibility index (Phi) is 5.11. The summed E-state index contributed by atoms with van der Waals surface area (Å²) in [5.41, 5.74) is 0.819. The standard InChI is InChI=1S/C16H21N5O4/c1-11-2-3-14(19-18-11)25-12-4-7-21(10-12)15(23)6-9-20-8-5-13(22)17-16(20)24/h2-3,12H,4-10H2,1H3,(H,17,22,24). The van der Waals surface area contributed by atoms with Gasteiger partial charge in [-0.3, -0.25) is 14.9 Å². The Morgan fingerprint density at radius 2 is 2.16 bits per heavy atom. The average Bonchev–Trinajstić information content (AvgIpc) is 3.04. The number of aryl methyl sites for hydroxylation is 1. The van der Waals surface area contributed by atoms with Crippen molar-refractivity contribution in [2.75, 3.05) is 26.2 Å². The van der Waals surface area contributed by atoms with E-state index >= 15 is 0 Å². The highest BCUT2D eigenvalue weighted by molar-refractivity contribution is 5.96. The normalized spacial score (nSPS) is 20.6. The van der Waals surface area contributed by atoms with E-state index in [9.17, 15) is 14.4 Å². The Morgan fingerprint density at radius 1 is 1.32 bits per heavy atom. The molecule has 0 aromatic carbocycles. The van der Waals surface area contributed by atoms with E-state index in [4.69, 9.17) is 4.74 Å². The number of nitrogens with zero attached hydrogens (tertiary/aromatic N) is 4. The fraction of sp³-hybridized carbons (Fsp3) is 0.562. The highest BCUT2D eigenvalue weighted by Crippen LogP contribution is 2.17. The second-order valence-electron chi connectivity index (χ2n) is 6.22. The van der Waals surface area contributed by atoms with Gasteiger partial charge in [-0.25, -0.2) is 4.79 Å². The molecule has 25 heavy (non-hydrogen) atoms. The predicted octanol–water partition coefficient (Wildman–Crippen LogP) is 0.0967. The fourth-order valence-corrected chi connectivity index (χ4v) is 2.87. The molecule has 3 heterocycles. The first-order valence-corrected chi connectivity index (χ1v) is 8.35. The summed E-state index contributed by atoms with van der Waals surface area (Å²) in [5.74, 6) is 0.164. The zero-order chi connectivity index (χ0) is 17.8. The molecule has 1 atom stereocenters. The minimum Gasteiger partial charge on any atom is -0.471 e. The van der Waals surface area contributed by atoms with E-state index in [1.807, 2.05) is 13.0 Å². The molecular weight excluding hydrogens is 326 g/mol. The van der Waals surface area contributed by atoms with Crippen molar-refractivity contribution in [2.45, 2.75) is 32.3 Å². The molecule has 0 spiro atoms. The fourth-order valence-electron chi connectivity index (χ4n) is 2.87. The first-order valence-electron chi connectivity index (χ1n) is 8.35. The van der Waals surface area contributed by atoms with Crippen molar-refractivity contribution < 1.29 is 19.1 Å². The van der Waals surface area contributed by atoms with Crippen LogP contribution in [0.4, 0.5) is 4.79 Å². The SMILES string of the molecule is Cc1ccc(OC2CCN(C(=O)CCN3CCC(=O)NC3=O)C2)nn1. The number of nitrogens with one attached hydrogen (secondary N) is 1. The van der Waals surface area contributed by atoms with Crippen LogP contribution < -0.4 is 10.1 Å². The predicted molar refractivity (Wildman–Crippen MR) is 86.7 cm³/mol. The number of carbonyl (C=O) groups is 3. The molecule has 9 heteroatoms. The maximum atomic E-state index is 12.3. The van der Waals surface area contributed by atoms with Crippen molar-refractivity contribution in [3.05, 3.63) is 17.8 Å². The number of carbonyl (C=O) groups excluding carboxylic acids is 3. The van der Waals surface area contributed by atoms with Gasteiger partial charge in [0.1, 0.15) is 6.10 Å². The van der Waals surface area contributed by atoms with Crippen molar-refractivity contribution in [3.8, 4) is 5.88 Å². The Morgan fingerprint density at radius 3 is 2.88 bits per heavy atom. The van der Waals surface area contributed by atoms with Crippen molar-refractivity contribution in [3.63, 3.8) is 0 Å². The van der Waals surface area contributed by atoms with Gasteiger partial charge in [0.2, 0.25) is 17.7 Å². The van der Waals surface area contributed by atoms with E-state index in [1.165, 1.54) is 4.90 Å². The number of hydrogen-bond donors (Lipinski definition) is 1. The van der Waals surface area contributed by atoms with E-state index in [0.717, 1.165) is 12.1 Å². The smallest absolute Gasteiger partial charge is 0.324 e. The summed E-state index contributed by atoms with van der Waals surface area (Å²) >= 11 is 0. The van der Waals surface area contributed by atoms with Crippen LogP contribution in [0.3, 0.4) is 0 Å². The maximum absolute atomic E-state index is 12.3. The highest BCUT2D eigenvalue weighted by Gasteiger charge is 2.29. The topological polar surface area (TPSA) is 105 Å². The van der Waals surface area contributed by atoms with Gasteiger partial charge < -0.3 is 14.5 Å². The summed E-state index contributed by atoms with van der Waals surface area (Å²) < 4.78 is 5.75. The van der Waals surface area contributed by atoms with Gasteiger partial charge in [0.05, 0.1) is 12.2 Å². The molecule has 2 saturated heterocycles. The number of likely N-dealkylation sites (tertiary alicyclic amines) is 1. The minimum absolute atomic E-state index is 0.0224. The molecule has 1 aromatic heterocycles. The molecule has 2 fully saturated rings. The highest BCUT2D eigenvalue weighted by atomic mass is 16.5. The number of amides is 4. The number of imide groups is 1. The van der Waals surface area contributed by atoms with Crippen molar-refractivity contribution in [1.29, 1.82) is 0 Å². The lowest BCUT2D eigenvalue weighted by Crippen LogP contribution is -2.50. The number of hydrogen-bond acceptors (Lipinski definition) is 6. The van der Waals surface area contributed by atoms with Crippen LogP contribution in [0.2, 0.25) is 0 Å². The molecule has 1 unspecified atom stereocenters. The monoisotopic (exact) mass is 347 g/mol. The summed E-state index contributed by atoms with van der Waals surface area (Å²) in [4.78, 5) is 38.3. The van der Waals surface area contributed by atoms with Gasteiger partial charge >= 0.3 is 6.03 Å². The van der Waals surface area contributed by atoms with Gasteiger partial charge in [0.15, 0.2) is 0 Å². The lowest BCUT2D eigenvalue weighted by atomic mass is 10.2. The third-order valence-electron chi connectivity index (χ3n) is 4.30. The summed E-state index contributed by atoms with van der Waals surface area (Å²) in [6, 6.07) is 3.17. The van der Waals surface area contributed by atoms with Gasteiger partial charge in [-0.05, 0) is 13.0 Å². The molecule has 0 saturated carbocycles. The molecule has 0 radical (unpaired) electrons. The second-order valence-corrected chi connectivity index (χ2v) is 6.22. The van der Waals surface area contributed by atoms with Crippen LogP contribution >= 0.6 is 0 Å². The first-order chi connectivity index (χ1) is 12.0. The largest absolute Gasteiger partial charge is 0.471 e. The number of rotatable bonds is 5. The molecule has 0 aliphatic carbocycles. The molecule has 1 N–H and O–H groups in total. The molecule has 9 nitrogen and oxygen atoms in total. The summed E-state index contributed by atoms with van der Waals surface area (Å²) in [6.07, 6.45) is 1.15. The lowest BCUT2D eigenvalue weighted by molar-refractivity contribution is -0.130. The first kappa shape index (κ1) is 17.1. The third-order valence-corrected chi connectivity index (χ3v) is 4.30. The van der Waals surface area contributed by atoms with Crippen LogP contribution in [-0.4, -0.2) is 70.1 Å². The van der Waals surface area contributed by atoms with Crippen LogP contribution in [0, 0.1) is 6.92 Å². The lowest BCUT2D eigenvalue weighted by Gasteiger charge is -2.27. The maximum Gasteiger partial charge on any atom is 0.324 e. The number of ether oxygens (including phenoxy) is 1. The summed E-state index contributed by atoms with van der Waals surface area (Å²) in [7, 11) is 0. The minimum atomic E-state index is -0.426. The van der Waals surface area contributed by atoms with Gasteiger partial charge in [0.25, 0.3) is 0 Å². The molecule has 4 amide bonds. The van der Waals surface area contributed by atoms with E-state index < -0.39 is 6.03 Å². The molecule has 0 bridgehead atoms. The van der Waals surface area contributed by atoms with Crippen molar-refractivity contribution in [1.82, 2.24) is 25.3 Å². The van der Waals surface area contributed by atoms with E-state index in [-0.39, 0.29) is 30.8 Å². The van der Waals surface area contributed by atoms with Crippen molar-refractivity contribution in [2.24, 2.45) is 0 Å². The van der Waals surface area contributed by atoms with Crippen molar-refractivity contribution >= 4 is 17.8 Å². The van der Waals surface area contributed by atoms with Gasteiger partial charge in [-0.1, -0.05) is 0 Å². The van der Waals surface area contributed by atoms with E-state index in [0.29, 0.717) is 32.1 Å². The quantitative estimate of drug-likeness (QED) is 0.810. The summed E-state index contributed by atoms with van der Waals surface area (Å²) in [6.45, 7) is 3.64. The Balaban J connectivity index is 1.43. The number of aromatic nitrogens is 2. The van der Waals surface area contributed by atoms with Gasteiger partial charge in [-0.2, -0.15) is 5.10 Å². The van der Waals surface area contributed by atoms with Crippen LogP contribution in [0.1, 0.15) is 25.0 Å². The van der Waals surface area contributed by atoms with Crippen LogP contribution in [-0.2, 0) is 9.59 Å². The summed E-state index contributed by atoms with van der Waals surface area (Å²) in [5, 5.41) is 10.2. The second kappa shape index (κ2) is 7.45. The Hall–Kier alpha value is -2.71. The van der Waals surface area contributed by atoms with Gasteiger partial charge in [-0.15, -0.1) is 5.10 Å². The molecule has 2 aliphatic heterocycles. The van der Waals surface area contributed by atoms with Crippen LogP contribution in [0.5, 0.6) is 5.88 Å². The number of urea groups is 1. The van der Waals surface area contributed by atoms with E-state index in [2.05, 4.69) is 15.5 Å². The van der Waals surface area contributed by atoms with E-state index in [1.54, 1.807) is 11.0 Å².